The number of aromatic nitrogens is 2. The summed E-state index contributed by atoms with van der Waals surface area (Å²) in [7, 11) is -2.99. The van der Waals surface area contributed by atoms with Crippen LogP contribution >= 0.6 is 11.6 Å². The SMILES string of the molecule is Cn1c(-c2c(-c3cccc(-c4ccc(C(=O)O)cc4Cl)c3)n(S(=O)(=O)c3ccc(C(F)F)cc3)c3c2=CC(F)CC=3)cccc1=O. The fraction of sp³-hybridized carbons (Fsp3) is 0.118. The van der Waals surface area contributed by atoms with Crippen LogP contribution in [0.1, 0.15) is 28.8 Å². The van der Waals surface area contributed by atoms with Crippen LogP contribution in [0.3, 0.4) is 0 Å². The number of aromatic carboxylic acids is 1. The molecule has 0 bridgehead atoms. The molecular weight excluding hydrogens is 641 g/mol. The van der Waals surface area contributed by atoms with E-state index in [9.17, 15) is 36.3 Å². The highest BCUT2D eigenvalue weighted by Gasteiger charge is 2.30. The second-order valence-corrected chi connectivity index (χ2v) is 12.9. The highest BCUT2D eigenvalue weighted by Crippen LogP contribution is 2.36. The number of alkyl halides is 3. The van der Waals surface area contributed by atoms with E-state index in [0.29, 0.717) is 22.4 Å². The zero-order chi connectivity index (χ0) is 32.9. The van der Waals surface area contributed by atoms with Gasteiger partial charge in [-0.25, -0.2) is 30.4 Å². The third kappa shape index (κ3) is 5.35. The van der Waals surface area contributed by atoms with Gasteiger partial charge in [-0.3, -0.25) is 4.79 Å². The number of pyridine rings is 1. The van der Waals surface area contributed by atoms with Crippen molar-refractivity contribution in [2.45, 2.75) is 23.9 Å². The van der Waals surface area contributed by atoms with Crippen molar-refractivity contribution in [2.75, 3.05) is 0 Å². The van der Waals surface area contributed by atoms with Crippen molar-refractivity contribution in [3.63, 3.8) is 0 Å². The van der Waals surface area contributed by atoms with Crippen LogP contribution in [0.2, 0.25) is 5.02 Å². The van der Waals surface area contributed by atoms with Gasteiger partial charge in [0.1, 0.15) is 6.17 Å². The van der Waals surface area contributed by atoms with Crippen LogP contribution in [0.4, 0.5) is 13.2 Å². The number of hydrogen-bond acceptors (Lipinski definition) is 4. The fourth-order valence-electron chi connectivity index (χ4n) is 5.61. The Morgan fingerprint density at radius 1 is 0.978 bits per heavy atom. The van der Waals surface area contributed by atoms with Crippen molar-refractivity contribution >= 4 is 39.7 Å². The standard InChI is InChI=1S/C34H24ClF3N2O5S/c1-39-29(6-3-7-30(39)41)31-26-18-23(36)11-15-28(26)40(46(44,45)24-12-8-19(9-13-24)33(37)38)32(31)21-5-2-4-20(16-21)25-14-10-22(34(42)43)17-27(25)35/h2-10,12-18,23,33H,11H2,1H3,(H,42,43). The molecule has 0 aliphatic heterocycles. The molecule has 2 heterocycles. The molecule has 1 atom stereocenters. The highest BCUT2D eigenvalue weighted by molar-refractivity contribution is 7.90. The van der Waals surface area contributed by atoms with Gasteiger partial charge in [0.05, 0.1) is 27.2 Å². The predicted molar refractivity (Wildman–Crippen MR) is 170 cm³/mol. The van der Waals surface area contributed by atoms with Crippen molar-refractivity contribution in [2.24, 2.45) is 7.05 Å². The lowest BCUT2D eigenvalue weighted by molar-refractivity contribution is 0.0697. The molecule has 0 saturated heterocycles. The number of carbonyl (C=O) groups is 1. The van der Waals surface area contributed by atoms with Crippen molar-refractivity contribution in [1.29, 1.82) is 0 Å². The van der Waals surface area contributed by atoms with Crippen molar-refractivity contribution in [1.82, 2.24) is 8.54 Å². The van der Waals surface area contributed by atoms with Crippen LogP contribution in [-0.2, 0) is 17.1 Å². The van der Waals surface area contributed by atoms with E-state index in [2.05, 4.69) is 0 Å². The van der Waals surface area contributed by atoms with Crippen molar-refractivity contribution in [3.05, 3.63) is 122 Å². The first-order chi connectivity index (χ1) is 21.9. The van der Waals surface area contributed by atoms with E-state index in [0.717, 1.165) is 28.2 Å². The molecule has 1 N–H and O–H groups in total. The molecule has 12 heteroatoms. The molecule has 2 aromatic heterocycles. The Hall–Kier alpha value is -4.87. The minimum absolute atomic E-state index is 0.0189. The first-order valence-corrected chi connectivity index (χ1v) is 15.7. The Morgan fingerprint density at radius 2 is 1.67 bits per heavy atom. The van der Waals surface area contributed by atoms with Crippen LogP contribution in [0.25, 0.3) is 45.8 Å². The van der Waals surface area contributed by atoms with Gasteiger partial charge < -0.3 is 9.67 Å². The van der Waals surface area contributed by atoms with Crippen LogP contribution in [0.15, 0.2) is 94.6 Å². The first-order valence-electron chi connectivity index (χ1n) is 13.9. The summed E-state index contributed by atoms with van der Waals surface area (Å²) in [6.45, 7) is 0. The Balaban J connectivity index is 1.72. The van der Waals surface area contributed by atoms with Gasteiger partial charge in [-0.05, 0) is 48.0 Å². The minimum Gasteiger partial charge on any atom is -0.478 e. The Morgan fingerprint density at radius 3 is 2.35 bits per heavy atom. The van der Waals surface area contributed by atoms with E-state index < -0.39 is 28.6 Å². The number of benzene rings is 3. The quantitative estimate of drug-likeness (QED) is 0.230. The fourth-order valence-corrected chi connectivity index (χ4v) is 7.46. The Labute approximate surface area is 265 Å². The zero-order valence-corrected chi connectivity index (χ0v) is 25.6. The van der Waals surface area contributed by atoms with Crippen molar-refractivity contribution in [3.8, 4) is 33.6 Å². The Bertz CT molecular complexity index is 2330. The molecular formula is C34H24ClF3N2O5S. The van der Waals surface area contributed by atoms with Crippen LogP contribution < -0.4 is 16.1 Å². The summed E-state index contributed by atoms with van der Waals surface area (Å²) in [6.07, 6.45) is -1.59. The molecule has 1 aliphatic rings. The lowest BCUT2D eigenvalue weighted by Crippen LogP contribution is -2.37. The summed E-state index contributed by atoms with van der Waals surface area (Å²) in [5.74, 6) is -1.16. The predicted octanol–water partition coefficient (Wildman–Crippen LogP) is 6.02. The molecule has 1 aliphatic carbocycles. The normalized spacial score (nSPS) is 14.4. The molecule has 46 heavy (non-hydrogen) atoms. The third-order valence-corrected chi connectivity index (χ3v) is 9.90. The molecule has 0 radical (unpaired) electrons. The average molecular weight is 665 g/mol. The molecule has 0 spiro atoms. The molecule has 3 aromatic carbocycles. The molecule has 0 amide bonds. The van der Waals surface area contributed by atoms with E-state index >= 15 is 0 Å². The minimum atomic E-state index is -4.51. The number of carboxylic acids is 1. The average Bonchev–Trinajstić information content (AvgIpc) is 3.37. The number of nitrogens with zero attached hydrogens (tertiary/aromatic N) is 2. The maximum atomic E-state index is 15.0. The molecule has 7 nitrogen and oxygen atoms in total. The van der Waals surface area contributed by atoms with Crippen LogP contribution in [0, 0.1) is 0 Å². The molecule has 6 rings (SSSR count). The zero-order valence-electron chi connectivity index (χ0n) is 24.0. The monoisotopic (exact) mass is 664 g/mol. The van der Waals surface area contributed by atoms with E-state index in [-0.39, 0.29) is 54.9 Å². The number of fused-ring (bicyclic) bond motifs is 1. The largest absolute Gasteiger partial charge is 0.478 e. The third-order valence-electron chi connectivity index (χ3n) is 7.86. The lowest BCUT2D eigenvalue weighted by Gasteiger charge is -2.16. The van der Waals surface area contributed by atoms with Crippen molar-refractivity contribution < 1.29 is 31.5 Å². The maximum absolute atomic E-state index is 15.0. The van der Waals surface area contributed by atoms with E-state index in [1.54, 1.807) is 30.3 Å². The summed E-state index contributed by atoms with van der Waals surface area (Å²) >= 11 is 6.48. The van der Waals surface area contributed by atoms with Gasteiger partial charge >= 0.3 is 5.97 Å². The van der Waals surface area contributed by atoms with E-state index in [1.165, 1.54) is 54.1 Å². The first kappa shape index (κ1) is 31.1. The maximum Gasteiger partial charge on any atom is 0.335 e. The molecule has 5 aromatic rings. The van der Waals surface area contributed by atoms with E-state index in [4.69, 9.17) is 11.6 Å². The second kappa shape index (κ2) is 11.8. The number of rotatable bonds is 7. The number of hydrogen-bond donors (Lipinski definition) is 1. The van der Waals surface area contributed by atoms with Gasteiger partial charge in [-0.1, -0.05) is 60.1 Å². The number of halogens is 4. The lowest BCUT2D eigenvalue weighted by atomic mass is 9.97. The molecule has 1 unspecified atom stereocenters. The van der Waals surface area contributed by atoms with Gasteiger partial charge in [0, 0.05) is 52.0 Å². The van der Waals surface area contributed by atoms with Gasteiger partial charge in [0.25, 0.3) is 22.0 Å². The molecule has 234 valence electrons. The summed E-state index contributed by atoms with van der Waals surface area (Å²) in [4.78, 5) is 24.0. The Kier molecular flexibility index (Phi) is 7.99. The summed E-state index contributed by atoms with van der Waals surface area (Å²) < 4.78 is 73.0. The second-order valence-electron chi connectivity index (χ2n) is 10.7. The van der Waals surface area contributed by atoms with E-state index in [1.807, 2.05) is 0 Å². The molecule has 0 saturated carbocycles. The summed E-state index contributed by atoms with van der Waals surface area (Å²) in [5, 5.41) is 9.92. The van der Waals surface area contributed by atoms with Gasteiger partial charge in [0.2, 0.25) is 0 Å². The van der Waals surface area contributed by atoms with Gasteiger partial charge in [-0.15, -0.1) is 0 Å². The van der Waals surface area contributed by atoms with Gasteiger partial charge in [-0.2, -0.15) is 0 Å². The summed E-state index contributed by atoms with van der Waals surface area (Å²) in [6, 6.07) is 19.6. The van der Waals surface area contributed by atoms with Gasteiger partial charge in [0.15, 0.2) is 0 Å². The number of carboxylic acid groups (broad SMARTS) is 1. The smallest absolute Gasteiger partial charge is 0.335 e. The topological polar surface area (TPSA) is 98.4 Å². The van der Waals surface area contributed by atoms with Crippen LogP contribution in [0.5, 0.6) is 0 Å². The highest BCUT2D eigenvalue weighted by atomic mass is 35.5. The van der Waals surface area contributed by atoms with Crippen LogP contribution in [-0.4, -0.2) is 34.2 Å². The summed E-state index contributed by atoms with van der Waals surface area (Å²) in [5.41, 5.74) is 1.27. The molecule has 0 fully saturated rings.